The molecule has 0 aromatic heterocycles. The first kappa shape index (κ1) is 13.8. The number of esters is 1. The second-order valence-corrected chi connectivity index (χ2v) is 8.64. The molecule has 0 rings (SSSR count). The average molecular weight is 272 g/mol. The van der Waals surface area contributed by atoms with Gasteiger partial charge in [-0.05, 0) is 18.7 Å². The summed E-state index contributed by atoms with van der Waals surface area (Å²) < 4.78 is 4.19. The number of hydrogen-bond donors (Lipinski definition) is 3. The number of carbonyl (C=O) groups excluding carboxylic acids is 2. The monoisotopic (exact) mass is 272 g/mol. The lowest BCUT2D eigenvalue weighted by Crippen LogP contribution is -2.32. The minimum Gasteiger partial charge on any atom is -0.462 e. The second kappa shape index (κ2) is 5.65. The Bertz CT molecular complexity index is 319. The van der Waals surface area contributed by atoms with Crippen molar-refractivity contribution in [1.29, 1.82) is 0 Å². The number of methoxy groups -OCH3 is 1. The molecule has 9 heteroatoms. The number of carbonyl (C=O) groups is 2. The number of nitrogens with one attached hydrogen (secondary N) is 2. The van der Waals surface area contributed by atoms with Gasteiger partial charge in [0.05, 0.1) is 12.1 Å². The molecule has 0 fully saturated rings. The highest BCUT2D eigenvalue weighted by Gasteiger charge is 2.21. The largest absolute Gasteiger partial charge is 0.462 e. The van der Waals surface area contributed by atoms with E-state index in [0.717, 1.165) is 7.11 Å². The molecular formula is C5H9N2O3PS3. The van der Waals surface area contributed by atoms with Crippen LogP contribution in [-0.4, -0.2) is 24.0 Å². The van der Waals surface area contributed by atoms with E-state index in [1.807, 2.05) is 0 Å². The first-order valence-electron chi connectivity index (χ1n) is 3.30. The molecule has 0 aromatic carbocycles. The molecule has 0 aliphatic heterocycles. The first-order valence-corrected chi connectivity index (χ1v) is 7.67. The molecule has 2 N–H and O–H groups in total. The molecule has 1 atom stereocenters. The van der Waals surface area contributed by atoms with E-state index in [2.05, 4.69) is 27.2 Å². The standard InChI is InChI=1S/C5H9N2O3PS3/c1-3(12)6-11(13,14)7-4(8)5(9)10-2/h1-2H3,(H3,6,7,8,12,13,14). The molecule has 5 nitrogen and oxygen atoms in total. The number of thiocarbonyl (C=S) groups is 1. The van der Waals surface area contributed by atoms with E-state index in [0.29, 0.717) is 4.99 Å². The smallest absolute Gasteiger partial charge is 0.396 e. The molecule has 0 saturated carbocycles. The van der Waals surface area contributed by atoms with Gasteiger partial charge < -0.3 is 9.82 Å². The van der Waals surface area contributed by atoms with Crippen LogP contribution in [0.5, 0.6) is 0 Å². The Balaban J connectivity index is 4.37. The summed E-state index contributed by atoms with van der Waals surface area (Å²) in [4.78, 5) is 22.1. The summed E-state index contributed by atoms with van der Waals surface area (Å²) in [5, 5.41) is 4.83. The van der Waals surface area contributed by atoms with Crippen molar-refractivity contribution in [3.63, 3.8) is 0 Å². The number of amides is 1. The third-order valence-corrected chi connectivity index (χ3v) is 3.48. The third kappa shape index (κ3) is 5.54. The van der Waals surface area contributed by atoms with E-state index < -0.39 is 17.4 Å². The Morgan fingerprint density at radius 1 is 1.43 bits per heavy atom. The van der Waals surface area contributed by atoms with Crippen LogP contribution in [0.3, 0.4) is 0 Å². The van der Waals surface area contributed by atoms with Crippen molar-refractivity contribution in [2.24, 2.45) is 0 Å². The predicted molar refractivity (Wildman–Crippen MR) is 64.8 cm³/mol. The van der Waals surface area contributed by atoms with E-state index in [-0.39, 0.29) is 0 Å². The fourth-order valence-corrected chi connectivity index (χ4v) is 3.54. The molecule has 14 heavy (non-hydrogen) atoms. The van der Waals surface area contributed by atoms with E-state index in [1.54, 1.807) is 6.92 Å². The third-order valence-electron chi connectivity index (χ3n) is 0.933. The molecule has 0 spiro atoms. The minimum atomic E-state index is -2.64. The van der Waals surface area contributed by atoms with Gasteiger partial charge in [0, 0.05) is 0 Å². The molecule has 0 bridgehead atoms. The summed E-state index contributed by atoms with van der Waals surface area (Å²) in [5.41, 5.74) is -2.64. The van der Waals surface area contributed by atoms with Gasteiger partial charge in [0.1, 0.15) is 0 Å². The van der Waals surface area contributed by atoms with Gasteiger partial charge in [0.15, 0.2) is 5.54 Å². The van der Waals surface area contributed by atoms with Crippen molar-refractivity contribution >= 4 is 58.7 Å². The molecule has 0 aliphatic carbocycles. The van der Waals surface area contributed by atoms with E-state index in [1.165, 1.54) is 0 Å². The maximum Gasteiger partial charge on any atom is 0.396 e. The zero-order valence-corrected chi connectivity index (χ0v) is 10.9. The van der Waals surface area contributed by atoms with Gasteiger partial charge in [-0.25, -0.2) is 4.79 Å². The first-order chi connectivity index (χ1) is 6.28. The van der Waals surface area contributed by atoms with Gasteiger partial charge in [0.2, 0.25) is 0 Å². The fourth-order valence-electron chi connectivity index (χ4n) is 0.517. The predicted octanol–water partition coefficient (Wildman–Crippen LogP) is 0.367. The molecule has 1 amide bonds. The van der Waals surface area contributed by atoms with Crippen LogP contribution in [0.25, 0.3) is 0 Å². The van der Waals surface area contributed by atoms with Crippen molar-refractivity contribution in [3.8, 4) is 0 Å². The number of hydrogen-bond acceptors (Lipinski definition) is 5. The Morgan fingerprint density at radius 2 is 1.93 bits per heavy atom. The summed E-state index contributed by atoms with van der Waals surface area (Å²) in [6.07, 6.45) is 0. The fraction of sp³-hybridized carbons (Fsp3) is 0.400. The lowest BCUT2D eigenvalue weighted by molar-refractivity contribution is -0.151. The summed E-state index contributed by atoms with van der Waals surface area (Å²) in [6.45, 7) is 1.59. The summed E-state index contributed by atoms with van der Waals surface area (Å²) in [5.74, 6) is -1.95. The SMILES string of the molecule is COC(=O)C(=O)NP(=S)(S)NC(C)=S. The number of ether oxygens (including phenoxy) is 1. The van der Waals surface area contributed by atoms with Crippen LogP contribution in [0.1, 0.15) is 6.92 Å². The van der Waals surface area contributed by atoms with Crippen LogP contribution in [0.15, 0.2) is 0 Å². The van der Waals surface area contributed by atoms with Crippen molar-refractivity contribution in [2.45, 2.75) is 6.92 Å². The zero-order valence-electron chi connectivity index (χ0n) is 7.44. The molecule has 1 unspecified atom stereocenters. The van der Waals surface area contributed by atoms with Gasteiger partial charge >= 0.3 is 11.9 Å². The maximum atomic E-state index is 11.0. The number of rotatable bonds is 2. The topological polar surface area (TPSA) is 67.4 Å². The van der Waals surface area contributed by atoms with Crippen LogP contribution >= 0.6 is 30.0 Å². The molecule has 0 aliphatic rings. The highest BCUT2D eigenvalue weighted by atomic mass is 32.9. The van der Waals surface area contributed by atoms with Crippen LogP contribution in [-0.2, 0) is 26.1 Å². The average Bonchev–Trinajstić information content (AvgIpc) is 1.99. The Morgan fingerprint density at radius 3 is 2.29 bits per heavy atom. The van der Waals surface area contributed by atoms with Crippen molar-refractivity contribution in [2.75, 3.05) is 7.11 Å². The highest BCUT2D eigenvalue weighted by Crippen LogP contribution is 2.41. The van der Waals surface area contributed by atoms with Crippen LogP contribution in [0.4, 0.5) is 0 Å². The van der Waals surface area contributed by atoms with Crippen molar-refractivity contribution in [3.05, 3.63) is 0 Å². The molecule has 0 heterocycles. The van der Waals surface area contributed by atoms with Gasteiger partial charge in [0.25, 0.3) is 0 Å². The van der Waals surface area contributed by atoms with E-state index in [9.17, 15) is 9.59 Å². The van der Waals surface area contributed by atoms with Crippen LogP contribution < -0.4 is 10.2 Å². The second-order valence-electron chi connectivity index (χ2n) is 2.18. The van der Waals surface area contributed by atoms with Gasteiger partial charge in [-0.2, -0.15) is 0 Å². The Hall–Kier alpha value is -0.170. The molecule has 0 aromatic rings. The Kier molecular flexibility index (Phi) is 5.58. The van der Waals surface area contributed by atoms with E-state index >= 15 is 0 Å². The number of thiol groups is 1. The van der Waals surface area contributed by atoms with Gasteiger partial charge in [-0.15, -0.1) is 12.2 Å². The lowest BCUT2D eigenvalue weighted by Gasteiger charge is -2.17. The highest BCUT2D eigenvalue weighted by molar-refractivity contribution is 8.62. The van der Waals surface area contributed by atoms with Crippen molar-refractivity contribution in [1.82, 2.24) is 10.2 Å². The molecule has 80 valence electrons. The molecule has 0 radical (unpaired) electrons. The van der Waals surface area contributed by atoms with Crippen LogP contribution in [0.2, 0.25) is 0 Å². The zero-order chi connectivity index (χ0) is 11.4. The minimum absolute atomic E-state index is 0.397. The quantitative estimate of drug-likeness (QED) is 0.222. The van der Waals surface area contributed by atoms with Crippen LogP contribution in [0, 0.1) is 0 Å². The van der Waals surface area contributed by atoms with Crippen molar-refractivity contribution < 1.29 is 14.3 Å². The lowest BCUT2D eigenvalue weighted by atomic mass is 10.7. The Labute approximate surface area is 97.2 Å². The van der Waals surface area contributed by atoms with Gasteiger partial charge in [-0.3, -0.25) is 9.88 Å². The summed E-state index contributed by atoms with van der Waals surface area (Å²) in [7, 11) is 1.10. The molecule has 0 saturated heterocycles. The maximum absolute atomic E-state index is 11.0. The van der Waals surface area contributed by atoms with E-state index in [4.69, 9.17) is 24.0 Å². The molecular weight excluding hydrogens is 263 g/mol. The summed E-state index contributed by atoms with van der Waals surface area (Å²) >= 11 is 13.6. The normalized spacial score (nSPS) is 13.6. The van der Waals surface area contributed by atoms with Gasteiger partial charge in [-0.1, -0.05) is 12.2 Å². The summed E-state index contributed by atoms with van der Waals surface area (Å²) in [6, 6.07) is 0.